The van der Waals surface area contributed by atoms with Gasteiger partial charge in [0.05, 0.1) is 0 Å². The molecule has 0 aliphatic heterocycles. The number of carboxylic acids is 1. The van der Waals surface area contributed by atoms with Crippen LogP contribution in [0.4, 0.5) is 0 Å². The van der Waals surface area contributed by atoms with Gasteiger partial charge in [-0.2, -0.15) is 11.8 Å². The Bertz CT molecular complexity index is 581. The summed E-state index contributed by atoms with van der Waals surface area (Å²) in [6, 6.07) is 2.61. The molecule has 2 N–H and O–H groups in total. The zero-order chi connectivity index (χ0) is 14.8. The molecule has 2 unspecified atom stereocenters. The minimum atomic E-state index is -3.62. The van der Waals surface area contributed by atoms with Gasteiger partial charge in [0.15, 0.2) is 0 Å². The fourth-order valence-electron chi connectivity index (χ4n) is 2.35. The third kappa shape index (κ3) is 3.55. The molecule has 1 saturated carbocycles. The maximum absolute atomic E-state index is 12.3. The van der Waals surface area contributed by atoms with Gasteiger partial charge in [-0.1, -0.05) is 12.8 Å². The predicted octanol–water partition coefficient (Wildman–Crippen LogP) is 2.40. The van der Waals surface area contributed by atoms with E-state index in [-0.39, 0.29) is 20.4 Å². The van der Waals surface area contributed by atoms with Crippen LogP contribution < -0.4 is 4.72 Å². The molecule has 8 heteroatoms. The van der Waals surface area contributed by atoms with Crippen LogP contribution in [-0.2, 0) is 10.0 Å². The average molecular weight is 335 g/mol. The molecule has 2 rings (SSSR count). The Morgan fingerprint density at radius 3 is 2.70 bits per heavy atom. The molecule has 112 valence electrons. The van der Waals surface area contributed by atoms with Gasteiger partial charge in [-0.25, -0.2) is 17.9 Å². The van der Waals surface area contributed by atoms with E-state index in [0.717, 1.165) is 37.0 Å². The molecular weight excluding hydrogens is 318 g/mol. The highest BCUT2D eigenvalue weighted by Gasteiger charge is 2.29. The summed E-state index contributed by atoms with van der Waals surface area (Å²) in [6.45, 7) is 0. The number of carbonyl (C=O) groups is 1. The second-order valence-electron chi connectivity index (χ2n) is 4.71. The number of aromatic carboxylic acids is 1. The fourth-order valence-corrected chi connectivity index (χ4v) is 5.84. The predicted molar refractivity (Wildman–Crippen MR) is 81.2 cm³/mol. The molecule has 5 nitrogen and oxygen atoms in total. The van der Waals surface area contributed by atoms with Crippen LogP contribution in [0.15, 0.2) is 16.3 Å². The fraction of sp³-hybridized carbons (Fsp3) is 0.583. The minimum Gasteiger partial charge on any atom is -0.477 e. The van der Waals surface area contributed by atoms with Crippen LogP contribution in [0.3, 0.4) is 0 Å². The molecule has 20 heavy (non-hydrogen) atoms. The highest BCUT2D eigenvalue weighted by Crippen LogP contribution is 2.29. The van der Waals surface area contributed by atoms with Gasteiger partial charge in [0.2, 0.25) is 10.0 Å². The Balaban J connectivity index is 2.15. The SMILES string of the molecule is CSC1CCCCC1NS(=O)(=O)c1ccc(C(=O)O)s1. The number of rotatable bonds is 5. The van der Waals surface area contributed by atoms with Crippen molar-refractivity contribution in [3.63, 3.8) is 0 Å². The first-order chi connectivity index (χ1) is 9.44. The molecule has 1 heterocycles. The minimum absolute atomic E-state index is 0.0374. The lowest BCUT2D eigenvalue weighted by Crippen LogP contribution is -2.43. The number of sulfonamides is 1. The van der Waals surface area contributed by atoms with E-state index in [1.165, 1.54) is 12.1 Å². The van der Waals surface area contributed by atoms with E-state index in [9.17, 15) is 13.2 Å². The quantitative estimate of drug-likeness (QED) is 0.863. The third-order valence-electron chi connectivity index (χ3n) is 3.37. The molecule has 0 aromatic carbocycles. The van der Waals surface area contributed by atoms with Crippen molar-refractivity contribution >= 4 is 39.1 Å². The number of thiophene rings is 1. The highest BCUT2D eigenvalue weighted by atomic mass is 32.2. The van der Waals surface area contributed by atoms with Crippen LogP contribution >= 0.6 is 23.1 Å². The molecule has 1 aromatic rings. The molecule has 0 bridgehead atoms. The Morgan fingerprint density at radius 2 is 2.10 bits per heavy atom. The van der Waals surface area contributed by atoms with Gasteiger partial charge in [-0.15, -0.1) is 11.3 Å². The van der Waals surface area contributed by atoms with Crippen molar-refractivity contribution in [1.82, 2.24) is 4.72 Å². The number of thioether (sulfide) groups is 1. The lowest BCUT2D eigenvalue weighted by Gasteiger charge is -2.30. The van der Waals surface area contributed by atoms with E-state index in [1.807, 2.05) is 6.26 Å². The van der Waals surface area contributed by atoms with Crippen LogP contribution in [0.1, 0.15) is 35.4 Å². The van der Waals surface area contributed by atoms with Crippen LogP contribution in [0.25, 0.3) is 0 Å². The summed E-state index contributed by atoms with van der Waals surface area (Å²) in [5.41, 5.74) is 0. The van der Waals surface area contributed by atoms with Gasteiger partial charge in [-0.3, -0.25) is 0 Å². The lowest BCUT2D eigenvalue weighted by atomic mass is 9.96. The maximum atomic E-state index is 12.3. The molecule has 0 spiro atoms. The molecule has 2 atom stereocenters. The third-order valence-corrected chi connectivity index (χ3v) is 7.59. The first kappa shape index (κ1) is 15.8. The Kier molecular flexibility index (Phi) is 5.11. The normalized spacial score (nSPS) is 23.6. The number of hydrogen-bond acceptors (Lipinski definition) is 5. The standard InChI is InChI=1S/C12H17NO4S3/c1-18-9-5-3-2-4-8(9)13-20(16,17)11-7-6-10(19-11)12(14)15/h6-9,13H,2-5H2,1H3,(H,14,15). The molecular formula is C12H17NO4S3. The first-order valence-corrected chi connectivity index (χ1v) is 9.91. The monoisotopic (exact) mass is 335 g/mol. The molecule has 0 radical (unpaired) electrons. The largest absolute Gasteiger partial charge is 0.477 e. The van der Waals surface area contributed by atoms with E-state index in [2.05, 4.69) is 4.72 Å². The summed E-state index contributed by atoms with van der Waals surface area (Å²) < 4.78 is 27.4. The van der Waals surface area contributed by atoms with Crippen LogP contribution in [0.5, 0.6) is 0 Å². The zero-order valence-corrected chi connectivity index (χ0v) is 13.5. The number of hydrogen-bond donors (Lipinski definition) is 2. The topological polar surface area (TPSA) is 83.5 Å². The van der Waals surface area contributed by atoms with Crippen LogP contribution in [0.2, 0.25) is 0 Å². The van der Waals surface area contributed by atoms with Gasteiger partial charge in [0.1, 0.15) is 9.09 Å². The maximum Gasteiger partial charge on any atom is 0.345 e. The Labute approximate surface area is 126 Å². The molecule has 1 aliphatic carbocycles. The van der Waals surface area contributed by atoms with E-state index in [1.54, 1.807) is 11.8 Å². The summed E-state index contributed by atoms with van der Waals surface area (Å²) in [5.74, 6) is -1.10. The second-order valence-corrected chi connectivity index (χ2v) is 8.81. The van der Waals surface area contributed by atoms with Crippen molar-refractivity contribution in [2.24, 2.45) is 0 Å². The highest BCUT2D eigenvalue weighted by molar-refractivity contribution is 7.99. The Hall–Kier alpha value is -0.570. The number of carboxylic acid groups (broad SMARTS) is 1. The number of nitrogens with one attached hydrogen (secondary N) is 1. The molecule has 0 amide bonds. The van der Waals surface area contributed by atoms with Crippen molar-refractivity contribution in [1.29, 1.82) is 0 Å². The van der Waals surface area contributed by atoms with Crippen molar-refractivity contribution < 1.29 is 18.3 Å². The van der Waals surface area contributed by atoms with Gasteiger partial charge < -0.3 is 5.11 Å². The van der Waals surface area contributed by atoms with Crippen LogP contribution in [-0.4, -0.2) is 37.0 Å². The van der Waals surface area contributed by atoms with Gasteiger partial charge >= 0.3 is 5.97 Å². The first-order valence-electron chi connectivity index (χ1n) is 6.32. The average Bonchev–Trinajstić information content (AvgIpc) is 2.89. The van der Waals surface area contributed by atoms with Gasteiger partial charge in [-0.05, 0) is 31.2 Å². The smallest absolute Gasteiger partial charge is 0.345 e. The van der Waals surface area contributed by atoms with Gasteiger partial charge in [0, 0.05) is 11.3 Å². The summed E-state index contributed by atoms with van der Waals surface area (Å²) in [4.78, 5) is 10.9. The van der Waals surface area contributed by atoms with E-state index < -0.39 is 16.0 Å². The summed E-state index contributed by atoms with van der Waals surface area (Å²) in [5, 5.41) is 9.15. The van der Waals surface area contributed by atoms with Crippen molar-refractivity contribution in [3.05, 3.63) is 17.0 Å². The van der Waals surface area contributed by atoms with Crippen molar-refractivity contribution in [3.8, 4) is 0 Å². The van der Waals surface area contributed by atoms with E-state index in [0.29, 0.717) is 0 Å². The van der Waals surface area contributed by atoms with Crippen molar-refractivity contribution in [2.75, 3.05) is 6.26 Å². The van der Waals surface area contributed by atoms with Gasteiger partial charge in [0.25, 0.3) is 0 Å². The molecule has 1 aliphatic rings. The van der Waals surface area contributed by atoms with Crippen molar-refractivity contribution in [2.45, 2.75) is 41.2 Å². The molecule has 1 aromatic heterocycles. The van der Waals surface area contributed by atoms with Crippen LogP contribution in [0, 0.1) is 0 Å². The summed E-state index contributed by atoms with van der Waals surface area (Å²) in [6.07, 6.45) is 5.99. The summed E-state index contributed by atoms with van der Waals surface area (Å²) >= 11 is 2.47. The molecule has 0 saturated heterocycles. The Morgan fingerprint density at radius 1 is 1.40 bits per heavy atom. The lowest BCUT2D eigenvalue weighted by molar-refractivity contribution is 0.0702. The second kappa shape index (κ2) is 6.46. The zero-order valence-electron chi connectivity index (χ0n) is 11.0. The van der Waals surface area contributed by atoms with E-state index >= 15 is 0 Å². The summed E-state index contributed by atoms with van der Waals surface area (Å²) in [7, 11) is -3.62. The molecule has 1 fully saturated rings. The van der Waals surface area contributed by atoms with E-state index in [4.69, 9.17) is 5.11 Å².